The number of nitrogens with zero attached hydrogens (tertiary/aromatic N) is 1. The molecule has 0 bridgehead atoms. The van der Waals surface area contributed by atoms with Crippen LogP contribution in [0.2, 0.25) is 0 Å². The molecular weight excluding hydrogens is 214 g/mol. The lowest BCUT2D eigenvalue weighted by Crippen LogP contribution is -2.36. The van der Waals surface area contributed by atoms with Crippen LogP contribution in [-0.2, 0) is 4.79 Å². The van der Waals surface area contributed by atoms with E-state index in [1.54, 1.807) is 0 Å². The summed E-state index contributed by atoms with van der Waals surface area (Å²) in [7, 11) is 0. The molecule has 3 heteroatoms. The number of benzene rings is 1. The Morgan fingerprint density at radius 1 is 1.29 bits per heavy atom. The first-order valence-corrected chi connectivity index (χ1v) is 6.07. The lowest BCUT2D eigenvalue weighted by molar-refractivity contribution is -0.139. The summed E-state index contributed by atoms with van der Waals surface area (Å²) in [6, 6.07) is 10.3. The van der Waals surface area contributed by atoms with Gasteiger partial charge in [0.1, 0.15) is 0 Å². The lowest BCUT2D eigenvalue weighted by Gasteiger charge is -2.32. The Morgan fingerprint density at radius 3 is 2.29 bits per heavy atom. The maximum absolute atomic E-state index is 10.9. The zero-order valence-electron chi connectivity index (χ0n) is 10.8. The first-order valence-electron chi connectivity index (χ1n) is 6.07. The minimum atomic E-state index is -0.770. The van der Waals surface area contributed by atoms with Gasteiger partial charge in [-0.05, 0) is 18.0 Å². The van der Waals surface area contributed by atoms with Gasteiger partial charge in [0.2, 0.25) is 0 Å². The normalized spacial score (nSPS) is 13.0. The molecule has 1 unspecified atom stereocenters. The molecule has 0 aliphatic carbocycles. The zero-order valence-corrected chi connectivity index (χ0v) is 10.8. The molecule has 0 fully saturated rings. The van der Waals surface area contributed by atoms with Gasteiger partial charge < -0.3 is 5.11 Å². The van der Waals surface area contributed by atoms with Crippen LogP contribution in [0.4, 0.5) is 0 Å². The number of carboxylic acid groups (broad SMARTS) is 1. The van der Waals surface area contributed by atoms with Crippen molar-refractivity contribution < 1.29 is 9.90 Å². The second-order valence-corrected chi connectivity index (χ2v) is 4.56. The Hall–Kier alpha value is -1.35. The average Bonchev–Trinajstić information content (AvgIpc) is 2.28. The van der Waals surface area contributed by atoms with Crippen LogP contribution < -0.4 is 0 Å². The number of hydrogen-bond donors (Lipinski definition) is 1. The Labute approximate surface area is 103 Å². The van der Waals surface area contributed by atoms with Gasteiger partial charge in [-0.25, -0.2) is 0 Å². The summed E-state index contributed by atoms with van der Waals surface area (Å²) in [6.07, 6.45) is 0. The topological polar surface area (TPSA) is 40.5 Å². The summed E-state index contributed by atoms with van der Waals surface area (Å²) in [6.45, 7) is 7.09. The molecule has 0 heterocycles. The Morgan fingerprint density at radius 2 is 1.88 bits per heavy atom. The molecule has 0 radical (unpaired) electrons. The molecular formula is C14H21NO2. The quantitative estimate of drug-likeness (QED) is 0.824. The monoisotopic (exact) mass is 235 g/mol. The number of rotatable bonds is 6. The van der Waals surface area contributed by atoms with Crippen LogP contribution in [0.25, 0.3) is 0 Å². The Bertz CT molecular complexity index is 348. The third-order valence-electron chi connectivity index (χ3n) is 2.91. The molecule has 1 N–H and O–H groups in total. The first kappa shape index (κ1) is 13.7. The van der Waals surface area contributed by atoms with Gasteiger partial charge in [0, 0.05) is 6.04 Å². The van der Waals surface area contributed by atoms with Crippen molar-refractivity contribution in [1.29, 1.82) is 0 Å². The molecule has 0 aliphatic heterocycles. The number of carboxylic acids is 1. The summed E-state index contributed by atoms with van der Waals surface area (Å²) in [5.74, 6) is -0.384. The average molecular weight is 235 g/mol. The molecule has 1 atom stereocenters. The summed E-state index contributed by atoms with van der Waals surface area (Å²) in [5.41, 5.74) is 1.19. The number of hydrogen-bond acceptors (Lipinski definition) is 2. The third kappa shape index (κ3) is 3.86. The predicted octanol–water partition coefficient (Wildman–Crippen LogP) is 2.79. The minimum Gasteiger partial charge on any atom is -0.480 e. The number of aliphatic carboxylic acids is 1. The summed E-state index contributed by atoms with van der Waals surface area (Å²) >= 11 is 0. The van der Waals surface area contributed by atoms with Gasteiger partial charge in [0.05, 0.1) is 6.54 Å². The van der Waals surface area contributed by atoms with E-state index >= 15 is 0 Å². The van der Waals surface area contributed by atoms with E-state index in [0.717, 1.165) is 6.54 Å². The fourth-order valence-corrected chi connectivity index (χ4v) is 2.25. The first-order chi connectivity index (χ1) is 8.06. The van der Waals surface area contributed by atoms with Gasteiger partial charge >= 0.3 is 5.97 Å². The van der Waals surface area contributed by atoms with E-state index in [0.29, 0.717) is 5.92 Å². The molecule has 0 amide bonds. The van der Waals surface area contributed by atoms with Crippen molar-refractivity contribution in [3.05, 3.63) is 35.9 Å². The van der Waals surface area contributed by atoms with Crippen molar-refractivity contribution in [2.24, 2.45) is 5.92 Å². The highest BCUT2D eigenvalue weighted by Gasteiger charge is 2.23. The van der Waals surface area contributed by atoms with Gasteiger partial charge in [-0.2, -0.15) is 0 Å². The molecule has 0 spiro atoms. The predicted molar refractivity (Wildman–Crippen MR) is 68.9 cm³/mol. The summed E-state index contributed by atoms with van der Waals surface area (Å²) in [4.78, 5) is 12.9. The van der Waals surface area contributed by atoms with Crippen molar-refractivity contribution >= 4 is 5.97 Å². The van der Waals surface area contributed by atoms with E-state index in [-0.39, 0.29) is 12.6 Å². The molecule has 94 valence electrons. The molecule has 0 saturated carbocycles. The SMILES string of the molecule is CCN(CC(=O)O)C(c1ccccc1)C(C)C. The van der Waals surface area contributed by atoms with Crippen LogP contribution in [0, 0.1) is 5.92 Å². The number of carbonyl (C=O) groups is 1. The maximum atomic E-state index is 10.9. The minimum absolute atomic E-state index is 0.0915. The zero-order chi connectivity index (χ0) is 12.8. The standard InChI is InChI=1S/C14H21NO2/c1-4-15(10-13(16)17)14(11(2)3)12-8-6-5-7-9-12/h5-9,11,14H,4,10H2,1-3H3,(H,16,17). The van der Waals surface area contributed by atoms with Crippen molar-refractivity contribution in [2.75, 3.05) is 13.1 Å². The van der Waals surface area contributed by atoms with Crippen molar-refractivity contribution in [3.63, 3.8) is 0 Å². The van der Waals surface area contributed by atoms with E-state index < -0.39 is 5.97 Å². The molecule has 0 aliphatic rings. The fourth-order valence-electron chi connectivity index (χ4n) is 2.25. The maximum Gasteiger partial charge on any atom is 0.317 e. The van der Waals surface area contributed by atoms with Gasteiger partial charge in [0.15, 0.2) is 0 Å². The summed E-state index contributed by atoms with van der Waals surface area (Å²) < 4.78 is 0. The van der Waals surface area contributed by atoms with Crippen LogP contribution in [-0.4, -0.2) is 29.1 Å². The molecule has 17 heavy (non-hydrogen) atoms. The highest BCUT2D eigenvalue weighted by atomic mass is 16.4. The van der Waals surface area contributed by atoms with E-state index in [1.807, 2.05) is 30.0 Å². The molecule has 1 rings (SSSR count). The largest absolute Gasteiger partial charge is 0.480 e. The van der Waals surface area contributed by atoms with Gasteiger partial charge in [-0.3, -0.25) is 9.69 Å². The highest BCUT2D eigenvalue weighted by molar-refractivity contribution is 5.69. The lowest BCUT2D eigenvalue weighted by atomic mass is 9.94. The van der Waals surface area contributed by atoms with Crippen LogP contribution in [0.1, 0.15) is 32.4 Å². The van der Waals surface area contributed by atoms with Crippen LogP contribution in [0.3, 0.4) is 0 Å². The van der Waals surface area contributed by atoms with E-state index in [9.17, 15) is 4.79 Å². The van der Waals surface area contributed by atoms with Crippen LogP contribution in [0.15, 0.2) is 30.3 Å². The van der Waals surface area contributed by atoms with Crippen molar-refractivity contribution in [3.8, 4) is 0 Å². The Balaban J connectivity index is 2.95. The molecule has 0 saturated heterocycles. The molecule has 1 aromatic carbocycles. The van der Waals surface area contributed by atoms with Crippen molar-refractivity contribution in [1.82, 2.24) is 4.90 Å². The molecule has 1 aromatic rings. The highest BCUT2D eigenvalue weighted by Crippen LogP contribution is 2.27. The van der Waals surface area contributed by atoms with Gasteiger partial charge in [-0.15, -0.1) is 0 Å². The Kier molecular flexibility index (Phi) is 5.16. The van der Waals surface area contributed by atoms with Crippen molar-refractivity contribution in [2.45, 2.75) is 26.8 Å². The fraction of sp³-hybridized carbons (Fsp3) is 0.500. The van der Waals surface area contributed by atoms with Crippen LogP contribution in [0.5, 0.6) is 0 Å². The molecule has 3 nitrogen and oxygen atoms in total. The molecule has 0 aromatic heterocycles. The van der Waals surface area contributed by atoms with E-state index in [1.165, 1.54) is 5.56 Å². The second-order valence-electron chi connectivity index (χ2n) is 4.56. The summed E-state index contributed by atoms with van der Waals surface area (Å²) in [5, 5.41) is 8.95. The van der Waals surface area contributed by atoms with Gasteiger partial charge in [0.25, 0.3) is 0 Å². The second kappa shape index (κ2) is 6.40. The number of likely N-dealkylation sites (N-methyl/N-ethyl adjacent to an activating group) is 1. The van der Waals surface area contributed by atoms with Crippen LogP contribution >= 0.6 is 0 Å². The smallest absolute Gasteiger partial charge is 0.317 e. The van der Waals surface area contributed by atoms with E-state index in [2.05, 4.69) is 26.0 Å². The van der Waals surface area contributed by atoms with Gasteiger partial charge in [-0.1, -0.05) is 51.1 Å². The third-order valence-corrected chi connectivity index (χ3v) is 2.91. The van der Waals surface area contributed by atoms with E-state index in [4.69, 9.17) is 5.11 Å².